The molecule has 2 aromatic rings. The Morgan fingerprint density at radius 3 is 2.50 bits per heavy atom. The molecule has 2 saturated heterocycles. The molecule has 1 spiro atoms. The van der Waals surface area contributed by atoms with Gasteiger partial charge in [0.1, 0.15) is 11.7 Å². The number of nitriles is 1. The third-order valence-corrected chi connectivity index (χ3v) is 8.36. The number of sulfonamides is 1. The molecule has 4 rings (SSSR count). The van der Waals surface area contributed by atoms with E-state index >= 15 is 0 Å². The molecular formula is C23H34N6O2S. The molecule has 0 unspecified atom stereocenters. The number of hydrogen-bond acceptors (Lipinski definition) is 6. The summed E-state index contributed by atoms with van der Waals surface area (Å²) in [7, 11) is -3.10. The molecule has 32 heavy (non-hydrogen) atoms. The second kappa shape index (κ2) is 8.40. The zero-order chi connectivity index (χ0) is 23.1. The van der Waals surface area contributed by atoms with Gasteiger partial charge in [-0.05, 0) is 49.1 Å². The standard InChI is InChI=1S/C23H34N6O2S/c1-22(2,3)5-12-29-19(13-18-15-25-20(14-24)26-21(18)29)16-27-9-6-23(17-27)7-10-28(11-8-23)32(4,30)31/h13,15H,5-12,16-17H2,1-4H3. The summed E-state index contributed by atoms with van der Waals surface area (Å²) >= 11 is 0. The lowest BCUT2D eigenvalue weighted by atomic mass is 9.78. The summed E-state index contributed by atoms with van der Waals surface area (Å²) < 4.78 is 27.6. The van der Waals surface area contributed by atoms with Gasteiger partial charge in [-0.2, -0.15) is 5.26 Å². The molecule has 2 aliphatic rings. The summed E-state index contributed by atoms with van der Waals surface area (Å²) in [6, 6.07) is 4.22. The quantitative estimate of drug-likeness (QED) is 0.684. The first-order valence-electron chi connectivity index (χ1n) is 11.4. The van der Waals surface area contributed by atoms with Crippen LogP contribution >= 0.6 is 0 Å². The molecule has 8 nitrogen and oxygen atoms in total. The number of aromatic nitrogens is 3. The van der Waals surface area contributed by atoms with Crippen molar-refractivity contribution in [2.75, 3.05) is 32.4 Å². The minimum Gasteiger partial charge on any atom is -0.328 e. The molecule has 0 saturated carbocycles. The highest BCUT2D eigenvalue weighted by Crippen LogP contribution is 2.41. The maximum Gasteiger partial charge on any atom is 0.234 e. The lowest BCUT2D eigenvalue weighted by Crippen LogP contribution is -2.43. The summed E-state index contributed by atoms with van der Waals surface area (Å²) in [5.41, 5.74) is 2.46. The minimum absolute atomic E-state index is 0.199. The molecule has 9 heteroatoms. The van der Waals surface area contributed by atoms with E-state index in [0.717, 1.165) is 62.9 Å². The van der Waals surface area contributed by atoms with Crippen molar-refractivity contribution in [1.82, 2.24) is 23.7 Å². The van der Waals surface area contributed by atoms with Crippen molar-refractivity contribution in [1.29, 1.82) is 5.26 Å². The maximum atomic E-state index is 11.9. The van der Waals surface area contributed by atoms with Crippen LogP contribution in [0.1, 0.15) is 58.0 Å². The fourth-order valence-corrected chi connectivity index (χ4v) is 5.91. The van der Waals surface area contributed by atoms with Crippen molar-refractivity contribution in [3.05, 3.63) is 23.8 Å². The van der Waals surface area contributed by atoms with Crippen LogP contribution in [0.25, 0.3) is 11.0 Å². The topological polar surface area (TPSA) is 95.1 Å². The van der Waals surface area contributed by atoms with Gasteiger partial charge in [0, 0.05) is 50.0 Å². The molecule has 0 aromatic carbocycles. The van der Waals surface area contributed by atoms with Gasteiger partial charge in [0.15, 0.2) is 0 Å². The second-order valence-corrected chi connectivity index (χ2v) is 12.8. The van der Waals surface area contributed by atoms with Crippen LogP contribution in [-0.2, 0) is 23.1 Å². The summed E-state index contributed by atoms with van der Waals surface area (Å²) in [6.45, 7) is 11.7. The Labute approximate surface area is 191 Å². The number of piperidine rings is 1. The van der Waals surface area contributed by atoms with Crippen LogP contribution in [0.2, 0.25) is 0 Å². The Morgan fingerprint density at radius 1 is 1.19 bits per heavy atom. The Hall–Kier alpha value is -2.02. The van der Waals surface area contributed by atoms with E-state index in [2.05, 4.69) is 52.3 Å². The number of fused-ring (bicyclic) bond motifs is 1. The van der Waals surface area contributed by atoms with Crippen molar-refractivity contribution in [2.45, 2.75) is 59.5 Å². The first-order valence-corrected chi connectivity index (χ1v) is 13.3. The zero-order valence-electron chi connectivity index (χ0n) is 19.6. The molecule has 2 aliphatic heterocycles. The first-order chi connectivity index (χ1) is 15.0. The smallest absolute Gasteiger partial charge is 0.234 e. The van der Waals surface area contributed by atoms with Crippen LogP contribution in [0.4, 0.5) is 0 Å². The highest BCUT2D eigenvalue weighted by molar-refractivity contribution is 7.88. The van der Waals surface area contributed by atoms with Crippen LogP contribution in [0.5, 0.6) is 0 Å². The normalized spacial score (nSPS) is 20.2. The van der Waals surface area contributed by atoms with Crippen LogP contribution in [0.3, 0.4) is 0 Å². The molecule has 0 bridgehead atoms. The van der Waals surface area contributed by atoms with Gasteiger partial charge in [0.05, 0.1) is 6.26 Å². The summed E-state index contributed by atoms with van der Waals surface area (Å²) in [4.78, 5) is 11.2. The van der Waals surface area contributed by atoms with Crippen molar-refractivity contribution < 1.29 is 8.42 Å². The van der Waals surface area contributed by atoms with Gasteiger partial charge in [-0.15, -0.1) is 0 Å². The molecule has 0 radical (unpaired) electrons. The molecule has 0 amide bonds. The van der Waals surface area contributed by atoms with Crippen LogP contribution in [0, 0.1) is 22.2 Å². The number of hydrogen-bond donors (Lipinski definition) is 0. The van der Waals surface area contributed by atoms with Gasteiger partial charge in [0.25, 0.3) is 0 Å². The van der Waals surface area contributed by atoms with E-state index in [-0.39, 0.29) is 16.7 Å². The lowest BCUT2D eigenvalue weighted by Gasteiger charge is -2.38. The average molecular weight is 459 g/mol. The molecule has 174 valence electrons. The Kier molecular flexibility index (Phi) is 6.07. The van der Waals surface area contributed by atoms with Crippen molar-refractivity contribution >= 4 is 21.1 Å². The number of nitrogens with zero attached hydrogens (tertiary/aromatic N) is 6. The first kappa shape index (κ1) is 23.1. The average Bonchev–Trinajstić information content (AvgIpc) is 3.25. The molecule has 2 fully saturated rings. The number of likely N-dealkylation sites (tertiary alicyclic amines) is 1. The fraction of sp³-hybridized carbons (Fsp3) is 0.696. The minimum atomic E-state index is -3.10. The fourth-order valence-electron chi connectivity index (χ4n) is 5.07. The maximum absolute atomic E-state index is 11.9. The lowest BCUT2D eigenvalue weighted by molar-refractivity contribution is 0.153. The molecular weight excluding hydrogens is 424 g/mol. The molecule has 2 aromatic heterocycles. The molecule has 0 aliphatic carbocycles. The summed E-state index contributed by atoms with van der Waals surface area (Å²) in [6.07, 6.45) is 7.06. The number of rotatable bonds is 5. The van der Waals surface area contributed by atoms with E-state index in [9.17, 15) is 13.7 Å². The van der Waals surface area contributed by atoms with Crippen molar-refractivity contribution in [3.8, 4) is 6.07 Å². The molecule has 0 N–H and O–H groups in total. The van der Waals surface area contributed by atoms with Gasteiger partial charge in [-0.1, -0.05) is 20.8 Å². The monoisotopic (exact) mass is 458 g/mol. The second-order valence-electron chi connectivity index (χ2n) is 10.8. The van der Waals surface area contributed by atoms with Crippen LogP contribution in [0.15, 0.2) is 12.3 Å². The van der Waals surface area contributed by atoms with Crippen molar-refractivity contribution in [2.24, 2.45) is 10.8 Å². The third kappa shape index (κ3) is 4.98. The zero-order valence-corrected chi connectivity index (χ0v) is 20.5. The van der Waals surface area contributed by atoms with E-state index in [1.165, 1.54) is 11.9 Å². The van der Waals surface area contributed by atoms with E-state index < -0.39 is 10.0 Å². The van der Waals surface area contributed by atoms with Crippen molar-refractivity contribution in [3.63, 3.8) is 0 Å². The van der Waals surface area contributed by atoms with Crippen LogP contribution in [-0.4, -0.2) is 64.6 Å². The summed E-state index contributed by atoms with van der Waals surface area (Å²) in [5, 5.41) is 10.2. The van der Waals surface area contributed by atoms with E-state index in [4.69, 9.17) is 0 Å². The Balaban J connectivity index is 1.52. The van der Waals surface area contributed by atoms with Crippen LogP contribution < -0.4 is 0 Å². The summed E-state index contributed by atoms with van der Waals surface area (Å²) in [5.74, 6) is 0.205. The van der Waals surface area contributed by atoms with Gasteiger partial charge in [-0.25, -0.2) is 22.7 Å². The van der Waals surface area contributed by atoms with Gasteiger partial charge in [0.2, 0.25) is 15.8 Å². The highest BCUT2D eigenvalue weighted by Gasteiger charge is 2.42. The largest absolute Gasteiger partial charge is 0.328 e. The van der Waals surface area contributed by atoms with Gasteiger partial charge >= 0.3 is 0 Å². The van der Waals surface area contributed by atoms with E-state index in [1.54, 1.807) is 10.5 Å². The molecule has 0 atom stereocenters. The third-order valence-electron chi connectivity index (χ3n) is 7.06. The number of aryl methyl sites for hydroxylation is 1. The van der Waals surface area contributed by atoms with Gasteiger partial charge in [-0.3, -0.25) is 4.90 Å². The Bertz CT molecular complexity index is 1130. The predicted molar refractivity (Wildman–Crippen MR) is 124 cm³/mol. The molecule has 4 heterocycles. The van der Waals surface area contributed by atoms with Gasteiger partial charge < -0.3 is 4.57 Å². The van der Waals surface area contributed by atoms with E-state index in [1.807, 2.05) is 0 Å². The van der Waals surface area contributed by atoms with E-state index in [0.29, 0.717) is 13.1 Å². The highest BCUT2D eigenvalue weighted by atomic mass is 32.2. The SMILES string of the molecule is CC(C)(C)CCn1c(CN2CCC3(CCN(S(C)(=O)=O)CC3)C2)cc2cnc(C#N)nc21. The predicted octanol–water partition coefficient (Wildman–Crippen LogP) is 2.99. The Morgan fingerprint density at radius 2 is 1.88 bits per heavy atom.